The molecule has 0 N–H and O–H groups in total. The van der Waals surface area contributed by atoms with Crippen LogP contribution in [0.2, 0.25) is 0 Å². The molecule has 1 heterocycles. The molecule has 2 aliphatic rings. The van der Waals surface area contributed by atoms with Crippen LogP contribution in [0.4, 0.5) is 8.78 Å². The van der Waals surface area contributed by atoms with Crippen molar-refractivity contribution < 1.29 is 18.3 Å². The second-order valence-corrected chi connectivity index (χ2v) is 8.08. The number of carbonyl (C=O) groups excluding carboxylic acids is 1. The Morgan fingerprint density at radius 2 is 1.78 bits per heavy atom. The Morgan fingerprint density at radius 1 is 1.12 bits per heavy atom. The third kappa shape index (κ3) is 4.64. The quantitative estimate of drug-likeness (QED) is 0.425. The van der Waals surface area contributed by atoms with E-state index < -0.39 is 5.97 Å². The van der Waals surface area contributed by atoms with Gasteiger partial charge in [-0.25, -0.2) is 13.6 Å². The van der Waals surface area contributed by atoms with Gasteiger partial charge in [0.1, 0.15) is 11.6 Å². The molecule has 1 aliphatic carbocycles. The zero-order valence-corrected chi connectivity index (χ0v) is 18.2. The summed E-state index contributed by atoms with van der Waals surface area (Å²) in [5.74, 6) is -0.876. The van der Waals surface area contributed by atoms with Crippen molar-refractivity contribution in [1.29, 1.82) is 0 Å². The summed E-state index contributed by atoms with van der Waals surface area (Å²) in [6.45, 7) is 3.89. The summed E-state index contributed by atoms with van der Waals surface area (Å²) in [5, 5.41) is 6.79. The molecule has 2 unspecified atom stereocenters. The van der Waals surface area contributed by atoms with Gasteiger partial charge >= 0.3 is 5.97 Å². The summed E-state index contributed by atoms with van der Waals surface area (Å²) in [6.07, 6.45) is 6.30. The smallest absolute Gasteiger partial charge is 0.332 e. The zero-order valence-electron chi connectivity index (χ0n) is 18.2. The lowest BCUT2D eigenvalue weighted by Gasteiger charge is -2.31. The first-order valence-corrected chi connectivity index (χ1v) is 10.9. The first-order chi connectivity index (χ1) is 15.5. The molecule has 0 amide bonds. The van der Waals surface area contributed by atoms with E-state index in [0.29, 0.717) is 12.3 Å². The Bertz CT molecular complexity index is 1070. The first-order valence-electron chi connectivity index (χ1n) is 10.9. The highest BCUT2D eigenvalue weighted by molar-refractivity contribution is 6.07. The largest absolute Gasteiger partial charge is 0.463 e. The van der Waals surface area contributed by atoms with E-state index in [1.54, 1.807) is 31.2 Å². The van der Waals surface area contributed by atoms with Gasteiger partial charge in [-0.2, -0.15) is 5.10 Å². The summed E-state index contributed by atoms with van der Waals surface area (Å²) in [4.78, 5) is 12.1. The molecular formula is C26H26F2N2O2. The average molecular weight is 437 g/mol. The highest BCUT2D eigenvalue weighted by Gasteiger charge is 2.41. The van der Waals surface area contributed by atoms with E-state index in [1.165, 1.54) is 30.3 Å². The highest BCUT2D eigenvalue weighted by atomic mass is 19.1. The number of nitrogens with zero attached hydrogens (tertiary/aromatic N) is 2. The molecule has 1 saturated carbocycles. The molecule has 4 nitrogen and oxygen atoms in total. The summed E-state index contributed by atoms with van der Waals surface area (Å²) < 4.78 is 32.0. The van der Waals surface area contributed by atoms with E-state index in [1.807, 2.05) is 11.9 Å². The molecule has 0 radical (unpaired) electrons. The third-order valence-corrected chi connectivity index (χ3v) is 5.90. The molecule has 0 aromatic heterocycles. The van der Waals surface area contributed by atoms with Crippen molar-refractivity contribution in [3.8, 4) is 0 Å². The van der Waals surface area contributed by atoms with Crippen molar-refractivity contribution >= 4 is 17.8 Å². The van der Waals surface area contributed by atoms with Gasteiger partial charge in [0.15, 0.2) is 0 Å². The second-order valence-electron chi connectivity index (χ2n) is 8.08. The molecule has 2 aromatic carbocycles. The van der Waals surface area contributed by atoms with Crippen molar-refractivity contribution in [2.45, 2.75) is 39.2 Å². The van der Waals surface area contributed by atoms with Crippen LogP contribution >= 0.6 is 0 Å². The minimum absolute atomic E-state index is 0.103. The normalized spacial score (nSPS) is 22.0. The molecule has 2 atom stereocenters. The van der Waals surface area contributed by atoms with E-state index in [9.17, 15) is 13.6 Å². The maximum atomic E-state index is 13.6. The van der Waals surface area contributed by atoms with Crippen LogP contribution in [0, 0.1) is 17.6 Å². The number of ether oxygens (including phenoxy) is 1. The minimum Gasteiger partial charge on any atom is -0.463 e. The number of hydrogen-bond donors (Lipinski definition) is 0. The number of hydrogen-bond acceptors (Lipinski definition) is 4. The molecule has 0 bridgehead atoms. The van der Waals surface area contributed by atoms with E-state index in [-0.39, 0.29) is 23.6 Å². The Balaban J connectivity index is 1.74. The number of hydrazone groups is 1. The van der Waals surface area contributed by atoms with Gasteiger partial charge < -0.3 is 4.74 Å². The molecule has 0 spiro atoms. The molecule has 32 heavy (non-hydrogen) atoms. The number of rotatable bonds is 5. The van der Waals surface area contributed by atoms with Gasteiger partial charge in [0.05, 0.1) is 18.4 Å². The average Bonchev–Trinajstić information content (AvgIpc) is 3.17. The van der Waals surface area contributed by atoms with Crippen molar-refractivity contribution in [2.24, 2.45) is 11.0 Å². The lowest BCUT2D eigenvalue weighted by molar-refractivity contribution is -0.137. The third-order valence-electron chi connectivity index (χ3n) is 5.90. The van der Waals surface area contributed by atoms with Gasteiger partial charge in [0, 0.05) is 17.7 Å². The predicted octanol–water partition coefficient (Wildman–Crippen LogP) is 6.03. The van der Waals surface area contributed by atoms with Crippen molar-refractivity contribution in [2.75, 3.05) is 6.61 Å². The van der Waals surface area contributed by atoms with Crippen molar-refractivity contribution in [3.63, 3.8) is 0 Å². The number of allylic oxidation sites excluding steroid dienone is 2. The van der Waals surface area contributed by atoms with Crippen molar-refractivity contribution in [3.05, 3.63) is 88.6 Å². The van der Waals surface area contributed by atoms with Gasteiger partial charge in [0.2, 0.25) is 0 Å². The lowest BCUT2D eigenvalue weighted by atomic mass is 9.77. The molecular weight excluding hydrogens is 410 g/mol. The monoisotopic (exact) mass is 436 g/mol. The summed E-state index contributed by atoms with van der Waals surface area (Å²) in [7, 11) is 0. The van der Waals surface area contributed by atoms with Crippen LogP contribution in [0.3, 0.4) is 0 Å². The summed E-state index contributed by atoms with van der Waals surface area (Å²) >= 11 is 0. The fraction of sp³-hybridized carbons (Fsp3) is 0.308. The SMILES string of the molecule is CCOC(=O)C=C(C)N1N=C2C(=Cc3ccc(F)cc3)CCCC2C1c1ccc(F)cc1. The van der Waals surface area contributed by atoms with Crippen molar-refractivity contribution in [1.82, 2.24) is 5.01 Å². The van der Waals surface area contributed by atoms with Gasteiger partial charge in [-0.15, -0.1) is 0 Å². The van der Waals surface area contributed by atoms with Crippen LogP contribution in [0.15, 0.2) is 71.0 Å². The maximum absolute atomic E-state index is 13.6. The summed E-state index contributed by atoms with van der Waals surface area (Å²) in [6, 6.07) is 12.7. The Labute approximate surface area is 186 Å². The maximum Gasteiger partial charge on any atom is 0.332 e. The van der Waals surface area contributed by atoms with Gasteiger partial charge in [-0.3, -0.25) is 5.01 Å². The molecule has 2 aromatic rings. The molecule has 4 rings (SSSR count). The Morgan fingerprint density at radius 3 is 2.44 bits per heavy atom. The lowest BCUT2D eigenvalue weighted by Crippen LogP contribution is -2.27. The first kappa shape index (κ1) is 21.9. The zero-order chi connectivity index (χ0) is 22.7. The standard InChI is InChI=1S/C26H26F2N2O2/c1-3-32-24(31)15-17(2)30-26(19-9-13-22(28)14-10-19)23-6-4-5-20(25(23)29-30)16-18-7-11-21(27)12-8-18/h7-16,23,26H,3-6H2,1-2H3. The Kier molecular flexibility index (Phi) is 6.49. The number of halogens is 2. The molecule has 166 valence electrons. The molecule has 0 saturated heterocycles. The minimum atomic E-state index is -0.417. The van der Waals surface area contributed by atoms with E-state index in [0.717, 1.165) is 41.7 Å². The van der Waals surface area contributed by atoms with Gasteiger partial charge in [-0.1, -0.05) is 24.3 Å². The van der Waals surface area contributed by atoms with Gasteiger partial charge in [-0.05, 0) is 80.2 Å². The predicted molar refractivity (Wildman–Crippen MR) is 121 cm³/mol. The van der Waals surface area contributed by atoms with Crippen LogP contribution in [-0.2, 0) is 9.53 Å². The van der Waals surface area contributed by atoms with Gasteiger partial charge in [0.25, 0.3) is 0 Å². The van der Waals surface area contributed by atoms with E-state index in [2.05, 4.69) is 6.08 Å². The molecule has 1 fully saturated rings. The van der Waals surface area contributed by atoms with Crippen LogP contribution in [0.25, 0.3) is 6.08 Å². The summed E-state index contributed by atoms with van der Waals surface area (Å²) in [5.41, 5.74) is 4.59. The van der Waals surface area contributed by atoms with E-state index >= 15 is 0 Å². The fourth-order valence-electron chi connectivity index (χ4n) is 4.47. The topological polar surface area (TPSA) is 41.9 Å². The molecule has 1 aliphatic heterocycles. The highest BCUT2D eigenvalue weighted by Crippen LogP contribution is 2.45. The second kappa shape index (κ2) is 9.47. The Hall–Kier alpha value is -3.28. The van der Waals surface area contributed by atoms with Crippen LogP contribution < -0.4 is 0 Å². The number of fused-ring (bicyclic) bond motifs is 1. The number of carbonyl (C=O) groups is 1. The van der Waals surface area contributed by atoms with Crippen LogP contribution in [-0.4, -0.2) is 23.3 Å². The fourth-order valence-corrected chi connectivity index (χ4v) is 4.47. The van der Waals surface area contributed by atoms with E-state index in [4.69, 9.17) is 9.84 Å². The molecule has 6 heteroatoms. The number of benzene rings is 2. The van der Waals surface area contributed by atoms with Crippen LogP contribution in [0.1, 0.15) is 50.3 Å². The van der Waals surface area contributed by atoms with Crippen LogP contribution in [0.5, 0.6) is 0 Å². The number of esters is 1.